The molecule has 2 aromatic carbocycles. The van der Waals surface area contributed by atoms with E-state index in [-0.39, 0.29) is 10.5 Å². The summed E-state index contributed by atoms with van der Waals surface area (Å²) < 4.78 is 37.7. The van der Waals surface area contributed by atoms with Crippen molar-refractivity contribution in [2.45, 2.75) is 9.79 Å². The van der Waals surface area contributed by atoms with Gasteiger partial charge in [-0.2, -0.15) is 8.42 Å². The second-order valence-electron chi connectivity index (χ2n) is 6.34. The SMILES string of the molecule is C=Cc1ccc(C=Nc2ccc(/C=C/c3ccc(N=C)cc3S(=O)(=O)O)c(SOOO)c2)s1. The Kier molecular flexibility index (Phi) is 8.47. The minimum absolute atomic E-state index is 0.248. The highest BCUT2D eigenvalue weighted by atomic mass is 32.2. The largest absolute Gasteiger partial charge is 0.295 e. The van der Waals surface area contributed by atoms with Gasteiger partial charge in [-0.25, -0.2) is 5.26 Å². The third-order valence-electron chi connectivity index (χ3n) is 4.24. The standard InChI is InChI=1S/C22H18N2O6S3/c1-3-19-10-11-20(31-19)14-24-18-9-6-15(21(12-18)32-30-29-25)4-5-16-7-8-17(23-2)13-22(16)33(26,27)28/h3-14,25H,1-2H2,(H,26,27,28)/b5-4+,24-14?. The second-order valence-corrected chi connectivity index (χ2v) is 9.62. The predicted octanol–water partition coefficient (Wildman–Crippen LogP) is 6.32. The van der Waals surface area contributed by atoms with Crippen molar-refractivity contribution in [3.63, 3.8) is 0 Å². The van der Waals surface area contributed by atoms with Gasteiger partial charge in [-0.05, 0) is 54.2 Å². The van der Waals surface area contributed by atoms with E-state index in [1.807, 2.05) is 12.1 Å². The number of hydrogen-bond acceptors (Lipinski definition) is 9. The second kappa shape index (κ2) is 11.3. The molecular weight excluding hydrogens is 484 g/mol. The van der Waals surface area contributed by atoms with Gasteiger partial charge in [0, 0.05) is 20.9 Å². The van der Waals surface area contributed by atoms with E-state index < -0.39 is 10.1 Å². The maximum Gasteiger partial charge on any atom is 0.295 e. The van der Waals surface area contributed by atoms with Crippen molar-refractivity contribution in [3.8, 4) is 0 Å². The van der Waals surface area contributed by atoms with Crippen LogP contribution in [0.4, 0.5) is 11.4 Å². The summed E-state index contributed by atoms with van der Waals surface area (Å²) in [6, 6.07) is 13.4. The summed E-state index contributed by atoms with van der Waals surface area (Å²) in [7, 11) is -4.48. The van der Waals surface area contributed by atoms with Gasteiger partial charge in [-0.3, -0.25) is 14.5 Å². The number of benzene rings is 2. The maximum atomic E-state index is 11.8. The van der Waals surface area contributed by atoms with Crippen LogP contribution in [0.5, 0.6) is 0 Å². The molecule has 0 atom stereocenters. The highest BCUT2D eigenvalue weighted by Crippen LogP contribution is 2.31. The van der Waals surface area contributed by atoms with Crippen LogP contribution < -0.4 is 0 Å². The van der Waals surface area contributed by atoms with Crippen molar-refractivity contribution in [3.05, 3.63) is 76.0 Å². The fourth-order valence-corrected chi connectivity index (χ4v) is 4.65. The van der Waals surface area contributed by atoms with Crippen molar-refractivity contribution >= 4 is 76.0 Å². The van der Waals surface area contributed by atoms with Gasteiger partial charge in [0.25, 0.3) is 10.1 Å². The van der Waals surface area contributed by atoms with Gasteiger partial charge in [-0.15, -0.1) is 15.7 Å². The first-order valence-corrected chi connectivity index (χ1v) is 12.2. The predicted molar refractivity (Wildman–Crippen MR) is 133 cm³/mol. The zero-order valence-corrected chi connectivity index (χ0v) is 19.4. The molecule has 11 heteroatoms. The highest BCUT2D eigenvalue weighted by molar-refractivity contribution is 7.94. The molecule has 8 nitrogen and oxygen atoms in total. The smallest absolute Gasteiger partial charge is 0.282 e. The van der Waals surface area contributed by atoms with Gasteiger partial charge >= 0.3 is 0 Å². The third-order valence-corrected chi connectivity index (χ3v) is 6.83. The van der Waals surface area contributed by atoms with Crippen LogP contribution in [0.2, 0.25) is 0 Å². The molecule has 0 radical (unpaired) electrons. The summed E-state index contributed by atoms with van der Waals surface area (Å²) in [6.07, 6.45) is 6.62. The Hall–Kier alpha value is -2.90. The van der Waals surface area contributed by atoms with Gasteiger partial charge in [0.2, 0.25) is 0 Å². The van der Waals surface area contributed by atoms with Crippen LogP contribution >= 0.6 is 23.4 Å². The van der Waals surface area contributed by atoms with E-state index in [9.17, 15) is 13.0 Å². The number of hydrogen-bond donors (Lipinski definition) is 2. The molecule has 0 bridgehead atoms. The summed E-state index contributed by atoms with van der Waals surface area (Å²) in [5.74, 6) is 0. The minimum Gasteiger partial charge on any atom is -0.282 e. The van der Waals surface area contributed by atoms with Crippen molar-refractivity contribution < 1.29 is 27.6 Å². The van der Waals surface area contributed by atoms with Crippen LogP contribution in [0.15, 0.2) is 74.9 Å². The summed E-state index contributed by atoms with van der Waals surface area (Å²) >= 11 is 2.29. The molecule has 0 aliphatic rings. The van der Waals surface area contributed by atoms with Crippen LogP contribution in [0.25, 0.3) is 18.2 Å². The lowest BCUT2D eigenvalue weighted by Crippen LogP contribution is -2.00. The van der Waals surface area contributed by atoms with Crippen LogP contribution in [0, 0.1) is 0 Å². The van der Waals surface area contributed by atoms with Gasteiger partial charge in [-0.1, -0.05) is 42.0 Å². The Morgan fingerprint density at radius 2 is 1.70 bits per heavy atom. The third kappa shape index (κ3) is 6.79. The van der Waals surface area contributed by atoms with E-state index in [0.29, 0.717) is 21.8 Å². The molecule has 33 heavy (non-hydrogen) atoms. The first-order chi connectivity index (χ1) is 15.8. The topological polar surface area (TPSA) is 118 Å². The van der Waals surface area contributed by atoms with Crippen molar-refractivity contribution in [1.82, 2.24) is 0 Å². The summed E-state index contributed by atoms with van der Waals surface area (Å²) in [6.45, 7) is 7.09. The lowest BCUT2D eigenvalue weighted by molar-refractivity contribution is -0.432. The van der Waals surface area contributed by atoms with Gasteiger partial charge in [0.1, 0.15) is 4.90 Å². The van der Waals surface area contributed by atoms with E-state index in [0.717, 1.165) is 21.8 Å². The number of nitrogens with zero attached hydrogens (tertiary/aromatic N) is 2. The van der Waals surface area contributed by atoms with Gasteiger partial charge < -0.3 is 0 Å². The van der Waals surface area contributed by atoms with Crippen LogP contribution in [-0.4, -0.2) is 31.2 Å². The molecule has 0 saturated carbocycles. The fourth-order valence-electron chi connectivity index (χ4n) is 2.71. The molecule has 0 aliphatic carbocycles. The molecule has 0 saturated heterocycles. The zero-order valence-electron chi connectivity index (χ0n) is 17.0. The Morgan fingerprint density at radius 1 is 1.00 bits per heavy atom. The Balaban J connectivity index is 1.93. The maximum absolute atomic E-state index is 11.8. The first kappa shape index (κ1) is 24.7. The first-order valence-electron chi connectivity index (χ1n) is 9.15. The molecule has 3 rings (SSSR count). The molecule has 1 heterocycles. The average molecular weight is 503 g/mol. The van der Waals surface area contributed by atoms with E-state index >= 15 is 0 Å². The molecule has 2 N–H and O–H groups in total. The Bertz CT molecular complexity index is 1330. The van der Waals surface area contributed by atoms with Gasteiger partial charge in [0.05, 0.1) is 23.4 Å². The monoisotopic (exact) mass is 502 g/mol. The molecule has 3 aromatic rings. The lowest BCUT2D eigenvalue weighted by Gasteiger charge is -2.07. The molecule has 170 valence electrons. The van der Waals surface area contributed by atoms with Crippen LogP contribution in [0.1, 0.15) is 20.9 Å². The van der Waals surface area contributed by atoms with Crippen LogP contribution in [-0.2, 0) is 19.5 Å². The molecule has 0 amide bonds. The molecule has 0 spiro atoms. The molecular formula is C22H18N2O6S3. The van der Waals surface area contributed by atoms with Crippen molar-refractivity contribution in [2.24, 2.45) is 9.98 Å². The van der Waals surface area contributed by atoms with Crippen molar-refractivity contribution in [1.29, 1.82) is 0 Å². The quantitative estimate of drug-likeness (QED) is 0.0832. The van der Waals surface area contributed by atoms with E-state index in [2.05, 4.69) is 32.7 Å². The normalized spacial score (nSPS) is 11.9. The number of thiophene rings is 1. The van der Waals surface area contributed by atoms with Gasteiger partial charge in [0.15, 0.2) is 0 Å². The lowest BCUT2D eigenvalue weighted by atomic mass is 10.1. The zero-order chi connectivity index (χ0) is 23.8. The van der Waals surface area contributed by atoms with E-state index in [4.69, 9.17) is 5.26 Å². The minimum atomic E-state index is -4.48. The summed E-state index contributed by atoms with van der Waals surface area (Å²) in [5.41, 5.74) is 1.79. The Morgan fingerprint density at radius 3 is 2.36 bits per heavy atom. The van der Waals surface area contributed by atoms with E-state index in [1.165, 1.54) is 18.2 Å². The highest BCUT2D eigenvalue weighted by Gasteiger charge is 2.15. The van der Waals surface area contributed by atoms with E-state index in [1.54, 1.807) is 54.0 Å². The fraction of sp³-hybridized carbons (Fsp3) is 0. The summed E-state index contributed by atoms with van der Waals surface area (Å²) in [4.78, 5) is 10.3. The molecule has 0 unspecified atom stereocenters. The van der Waals surface area contributed by atoms with Crippen LogP contribution in [0.3, 0.4) is 0 Å². The number of aliphatic imine (C=N–C) groups is 2. The molecule has 0 aliphatic heterocycles. The molecule has 0 fully saturated rings. The summed E-state index contributed by atoms with van der Waals surface area (Å²) in [5, 5.41) is 12.2. The average Bonchev–Trinajstić information content (AvgIpc) is 3.28. The molecule has 1 aromatic heterocycles. The Labute approximate surface area is 199 Å². The van der Waals surface area contributed by atoms with Crippen molar-refractivity contribution in [2.75, 3.05) is 0 Å². The number of rotatable bonds is 10.